The van der Waals surface area contributed by atoms with Crippen LogP contribution in [0.3, 0.4) is 0 Å². The number of nitrogens with zero attached hydrogens (tertiary/aromatic N) is 2. The SMILES string of the molecule is O=CCN1CCN(c2ccccc2F)C1=O. The Bertz CT molecular complexity index is 422. The van der Waals surface area contributed by atoms with Gasteiger partial charge in [-0.25, -0.2) is 9.18 Å². The summed E-state index contributed by atoms with van der Waals surface area (Å²) in [6.45, 7) is 0.920. The fourth-order valence-electron chi connectivity index (χ4n) is 1.74. The molecule has 0 spiro atoms. The molecule has 0 bridgehead atoms. The largest absolute Gasteiger partial charge is 0.325 e. The van der Waals surface area contributed by atoms with Crippen LogP contribution in [0.25, 0.3) is 0 Å². The molecule has 0 N–H and O–H groups in total. The van der Waals surface area contributed by atoms with Gasteiger partial charge in [0.2, 0.25) is 0 Å². The van der Waals surface area contributed by atoms with Gasteiger partial charge in [-0.05, 0) is 12.1 Å². The minimum Gasteiger partial charge on any atom is -0.316 e. The molecule has 1 saturated heterocycles. The maximum atomic E-state index is 13.4. The lowest BCUT2D eigenvalue weighted by Crippen LogP contribution is -2.33. The van der Waals surface area contributed by atoms with Crippen LogP contribution in [0, 0.1) is 5.82 Å². The van der Waals surface area contributed by atoms with Crippen molar-refractivity contribution in [1.29, 1.82) is 0 Å². The zero-order valence-corrected chi connectivity index (χ0v) is 8.60. The molecule has 0 unspecified atom stereocenters. The molecule has 1 heterocycles. The number of urea groups is 1. The van der Waals surface area contributed by atoms with E-state index in [1.54, 1.807) is 18.2 Å². The number of hydrogen-bond donors (Lipinski definition) is 0. The highest BCUT2D eigenvalue weighted by Crippen LogP contribution is 2.22. The predicted molar refractivity (Wildman–Crippen MR) is 56.8 cm³/mol. The van der Waals surface area contributed by atoms with Crippen LogP contribution < -0.4 is 4.90 Å². The van der Waals surface area contributed by atoms with Crippen LogP contribution in [0.5, 0.6) is 0 Å². The molecule has 1 aromatic rings. The topological polar surface area (TPSA) is 40.6 Å². The zero-order valence-electron chi connectivity index (χ0n) is 8.60. The summed E-state index contributed by atoms with van der Waals surface area (Å²) in [5.74, 6) is -0.427. The highest BCUT2D eigenvalue weighted by atomic mass is 19.1. The summed E-state index contributed by atoms with van der Waals surface area (Å²) in [7, 11) is 0. The molecule has 4 nitrogen and oxygen atoms in total. The van der Waals surface area contributed by atoms with Crippen molar-refractivity contribution in [3.05, 3.63) is 30.1 Å². The van der Waals surface area contributed by atoms with Crippen molar-refractivity contribution in [2.45, 2.75) is 0 Å². The Morgan fingerprint density at radius 1 is 1.31 bits per heavy atom. The molecule has 1 fully saturated rings. The van der Waals surface area contributed by atoms with Gasteiger partial charge in [-0.2, -0.15) is 0 Å². The normalized spacial score (nSPS) is 15.7. The third kappa shape index (κ3) is 1.76. The Morgan fingerprint density at radius 2 is 2.06 bits per heavy atom. The van der Waals surface area contributed by atoms with Crippen molar-refractivity contribution >= 4 is 18.0 Å². The summed E-state index contributed by atoms with van der Waals surface area (Å²) in [5, 5.41) is 0. The van der Waals surface area contributed by atoms with Crippen molar-refractivity contribution < 1.29 is 14.0 Å². The number of amides is 2. The zero-order chi connectivity index (χ0) is 11.5. The number of halogens is 1. The molecule has 0 aromatic heterocycles. The first-order valence-electron chi connectivity index (χ1n) is 4.98. The van der Waals surface area contributed by atoms with Crippen molar-refractivity contribution in [3.8, 4) is 0 Å². The lowest BCUT2D eigenvalue weighted by atomic mass is 10.3. The summed E-state index contributed by atoms with van der Waals surface area (Å²) in [6.07, 6.45) is 0.669. The molecule has 0 saturated carbocycles. The fourth-order valence-corrected chi connectivity index (χ4v) is 1.74. The van der Waals surface area contributed by atoms with Gasteiger partial charge in [0.05, 0.1) is 12.2 Å². The second-order valence-electron chi connectivity index (χ2n) is 3.50. The maximum Gasteiger partial charge on any atom is 0.325 e. The number of carbonyl (C=O) groups is 2. The highest BCUT2D eigenvalue weighted by Gasteiger charge is 2.30. The van der Waals surface area contributed by atoms with Gasteiger partial charge in [0.1, 0.15) is 12.1 Å². The van der Waals surface area contributed by atoms with E-state index in [0.29, 0.717) is 19.4 Å². The minimum atomic E-state index is -0.427. The van der Waals surface area contributed by atoms with E-state index in [0.717, 1.165) is 0 Å². The van der Waals surface area contributed by atoms with Gasteiger partial charge in [0.25, 0.3) is 0 Å². The van der Waals surface area contributed by atoms with Crippen LogP contribution in [0.2, 0.25) is 0 Å². The molecule has 84 valence electrons. The second-order valence-corrected chi connectivity index (χ2v) is 3.50. The van der Waals surface area contributed by atoms with E-state index in [1.165, 1.54) is 15.9 Å². The van der Waals surface area contributed by atoms with E-state index in [-0.39, 0.29) is 18.3 Å². The van der Waals surface area contributed by atoms with Crippen molar-refractivity contribution in [2.75, 3.05) is 24.5 Å². The molecule has 0 atom stereocenters. The molecule has 1 aromatic carbocycles. The molecule has 2 rings (SSSR count). The van der Waals surface area contributed by atoms with E-state index < -0.39 is 5.82 Å². The molecule has 2 amide bonds. The van der Waals surface area contributed by atoms with Gasteiger partial charge in [-0.1, -0.05) is 12.1 Å². The van der Waals surface area contributed by atoms with Crippen LogP contribution in [0.15, 0.2) is 24.3 Å². The summed E-state index contributed by atoms with van der Waals surface area (Å²) in [6, 6.07) is 5.79. The number of hydrogen-bond acceptors (Lipinski definition) is 2. The van der Waals surface area contributed by atoms with Gasteiger partial charge in [0.15, 0.2) is 0 Å². The van der Waals surface area contributed by atoms with Crippen LogP contribution in [0.1, 0.15) is 0 Å². The molecule has 1 aliphatic rings. The van der Waals surface area contributed by atoms with Crippen LogP contribution in [-0.2, 0) is 4.79 Å². The predicted octanol–water partition coefficient (Wildman–Crippen LogP) is 1.27. The summed E-state index contributed by atoms with van der Waals surface area (Å²) in [5.41, 5.74) is 0.265. The average Bonchev–Trinajstić information content (AvgIpc) is 2.62. The van der Waals surface area contributed by atoms with Crippen LogP contribution in [0.4, 0.5) is 14.9 Å². The first-order valence-corrected chi connectivity index (χ1v) is 4.98. The van der Waals surface area contributed by atoms with Crippen LogP contribution >= 0.6 is 0 Å². The van der Waals surface area contributed by atoms with E-state index >= 15 is 0 Å². The van der Waals surface area contributed by atoms with Crippen molar-refractivity contribution in [3.63, 3.8) is 0 Å². The van der Waals surface area contributed by atoms with Gasteiger partial charge < -0.3 is 9.69 Å². The molecule has 0 aliphatic carbocycles. The Hall–Kier alpha value is -1.91. The summed E-state index contributed by atoms with van der Waals surface area (Å²) in [4.78, 5) is 24.8. The molecule has 5 heteroatoms. The van der Waals surface area contributed by atoms with Crippen LogP contribution in [-0.4, -0.2) is 36.9 Å². The molecule has 0 radical (unpaired) electrons. The first-order chi connectivity index (χ1) is 7.74. The number of carbonyl (C=O) groups excluding carboxylic acids is 2. The Labute approximate surface area is 92.3 Å². The number of para-hydroxylation sites is 1. The number of benzene rings is 1. The molecular formula is C11H11FN2O2. The van der Waals surface area contributed by atoms with Gasteiger partial charge in [-0.3, -0.25) is 4.90 Å². The van der Waals surface area contributed by atoms with E-state index in [1.807, 2.05) is 0 Å². The Kier molecular flexibility index (Phi) is 2.85. The average molecular weight is 222 g/mol. The molecule has 1 aliphatic heterocycles. The van der Waals surface area contributed by atoms with Gasteiger partial charge in [0, 0.05) is 13.1 Å². The maximum absolute atomic E-state index is 13.4. The fraction of sp³-hybridized carbons (Fsp3) is 0.273. The quantitative estimate of drug-likeness (QED) is 0.722. The molecule has 16 heavy (non-hydrogen) atoms. The Morgan fingerprint density at radius 3 is 2.75 bits per heavy atom. The molecular weight excluding hydrogens is 211 g/mol. The monoisotopic (exact) mass is 222 g/mol. The minimum absolute atomic E-state index is 0.0593. The van der Waals surface area contributed by atoms with Crippen molar-refractivity contribution in [2.24, 2.45) is 0 Å². The smallest absolute Gasteiger partial charge is 0.316 e. The van der Waals surface area contributed by atoms with Crippen molar-refractivity contribution in [1.82, 2.24) is 4.90 Å². The van der Waals surface area contributed by atoms with Gasteiger partial charge >= 0.3 is 6.03 Å². The van der Waals surface area contributed by atoms with E-state index in [4.69, 9.17) is 0 Å². The Balaban J connectivity index is 2.22. The second kappa shape index (κ2) is 4.30. The summed E-state index contributed by atoms with van der Waals surface area (Å²) >= 11 is 0. The lowest BCUT2D eigenvalue weighted by molar-refractivity contribution is -0.108. The lowest BCUT2D eigenvalue weighted by Gasteiger charge is -2.17. The van der Waals surface area contributed by atoms with E-state index in [2.05, 4.69) is 0 Å². The standard InChI is InChI=1S/C11H11FN2O2/c12-9-3-1-2-4-10(9)14-6-5-13(7-8-15)11(14)16/h1-4,8H,5-7H2. The number of rotatable bonds is 3. The summed E-state index contributed by atoms with van der Waals surface area (Å²) < 4.78 is 13.4. The third-order valence-electron chi connectivity index (χ3n) is 2.53. The first kappa shape index (κ1) is 10.6. The number of aldehydes is 1. The third-order valence-corrected chi connectivity index (χ3v) is 2.53. The van der Waals surface area contributed by atoms with Gasteiger partial charge in [-0.15, -0.1) is 0 Å². The highest BCUT2D eigenvalue weighted by molar-refractivity contribution is 5.95. The number of anilines is 1. The van der Waals surface area contributed by atoms with E-state index in [9.17, 15) is 14.0 Å².